The van der Waals surface area contributed by atoms with Crippen molar-refractivity contribution in [3.63, 3.8) is 0 Å². The summed E-state index contributed by atoms with van der Waals surface area (Å²) >= 11 is 6.68. The van der Waals surface area contributed by atoms with Gasteiger partial charge in [0.1, 0.15) is 0 Å². The van der Waals surface area contributed by atoms with Crippen LogP contribution in [-0.4, -0.2) is 16.5 Å². The van der Waals surface area contributed by atoms with Crippen molar-refractivity contribution in [2.45, 2.75) is 57.7 Å². The van der Waals surface area contributed by atoms with Crippen LogP contribution in [-0.2, 0) is 12.8 Å². The van der Waals surface area contributed by atoms with Crippen LogP contribution in [0.15, 0.2) is 42.5 Å². The largest absolute Gasteiger partial charge is 0.478 e. The van der Waals surface area contributed by atoms with Crippen LogP contribution in [0, 0.1) is 25.7 Å². The fraction of sp³-hybridized carbons (Fsp3) is 0.458. The van der Waals surface area contributed by atoms with Gasteiger partial charge in [-0.1, -0.05) is 30.3 Å². The number of hydrogen-bond acceptors (Lipinski definition) is 1. The first-order valence-corrected chi connectivity index (χ1v) is 10.4. The van der Waals surface area contributed by atoms with E-state index in [0.717, 1.165) is 32.1 Å². The zero-order valence-corrected chi connectivity index (χ0v) is 17.0. The Bertz CT molecular complexity index is 781. The smallest absolute Gasteiger partial charge is 0.335 e. The number of hydrogen-bond donors (Lipinski definition) is 1. The highest BCUT2D eigenvalue weighted by Crippen LogP contribution is 2.41. The third-order valence-corrected chi connectivity index (χ3v) is 6.89. The van der Waals surface area contributed by atoms with Gasteiger partial charge in [-0.25, -0.2) is 4.79 Å². The molecule has 0 heterocycles. The van der Waals surface area contributed by atoms with Crippen LogP contribution >= 0.6 is 11.6 Å². The molecule has 1 aliphatic carbocycles. The summed E-state index contributed by atoms with van der Waals surface area (Å²) in [7, 11) is 0. The molecule has 27 heavy (non-hydrogen) atoms. The number of aromatic carboxylic acids is 1. The molecule has 1 N–H and O–H groups in total. The van der Waals surface area contributed by atoms with Crippen LogP contribution in [0.2, 0.25) is 0 Å². The second-order valence-electron chi connectivity index (χ2n) is 7.96. The minimum atomic E-state index is -0.867. The van der Waals surface area contributed by atoms with Gasteiger partial charge in [-0.05, 0) is 98.6 Å². The third-order valence-electron chi connectivity index (χ3n) is 6.35. The summed E-state index contributed by atoms with van der Waals surface area (Å²) in [6.45, 7) is 4.40. The van der Waals surface area contributed by atoms with Crippen LogP contribution < -0.4 is 0 Å². The van der Waals surface area contributed by atoms with Crippen molar-refractivity contribution in [1.82, 2.24) is 0 Å². The number of carbonyl (C=O) groups is 1. The first kappa shape index (κ1) is 19.9. The monoisotopic (exact) mass is 384 g/mol. The van der Waals surface area contributed by atoms with Gasteiger partial charge in [-0.15, -0.1) is 11.6 Å². The van der Waals surface area contributed by atoms with E-state index in [9.17, 15) is 4.79 Å². The molecule has 3 atom stereocenters. The van der Waals surface area contributed by atoms with Crippen molar-refractivity contribution in [2.24, 2.45) is 11.8 Å². The molecule has 3 heteroatoms. The Morgan fingerprint density at radius 2 is 1.78 bits per heavy atom. The van der Waals surface area contributed by atoms with Gasteiger partial charge >= 0.3 is 5.97 Å². The van der Waals surface area contributed by atoms with Crippen LogP contribution in [0.3, 0.4) is 0 Å². The predicted molar refractivity (Wildman–Crippen MR) is 112 cm³/mol. The lowest BCUT2D eigenvalue weighted by molar-refractivity contribution is 0.0697. The molecule has 3 rings (SSSR count). The van der Waals surface area contributed by atoms with Gasteiger partial charge in [-0.2, -0.15) is 0 Å². The highest BCUT2D eigenvalue weighted by Gasteiger charge is 2.34. The average molecular weight is 385 g/mol. The molecule has 1 saturated carbocycles. The van der Waals surface area contributed by atoms with Crippen molar-refractivity contribution in [2.75, 3.05) is 0 Å². The summed E-state index contributed by atoms with van der Waals surface area (Å²) in [5.74, 6) is 0.371. The quantitative estimate of drug-likeness (QED) is 0.577. The average Bonchev–Trinajstić information content (AvgIpc) is 3.01. The van der Waals surface area contributed by atoms with E-state index < -0.39 is 5.97 Å². The summed E-state index contributed by atoms with van der Waals surface area (Å²) in [5, 5.41) is 9.30. The zero-order valence-electron chi connectivity index (χ0n) is 16.2. The van der Waals surface area contributed by atoms with Gasteiger partial charge in [0.05, 0.1) is 5.56 Å². The Kier molecular flexibility index (Phi) is 6.59. The summed E-state index contributed by atoms with van der Waals surface area (Å²) in [4.78, 5) is 11.0. The Morgan fingerprint density at radius 1 is 1.04 bits per heavy atom. The minimum Gasteiger partial charge on any atom is -0.478 e. The van der Waals surface area contributed by atoms with Crippen molar-refractivity contribution < 1.29 is 9.90 Å². The molecule has 1 aliphatic rings. The Labute approximate surface area is 167 Å². The van der Waals surface area contributed by atoms with Crippen LogP contribution in [0.25, 0.3) is 0 Å². The number of alkyl halides is 1. The molecule has 0 saturated heterocycles. The summed E-state index contributed by atoms with van der Waals surface area (Å²) in [6, 6.07) is 13.9. The lowest BCUT2D eigenvalue weighted by atomic mass is 9.85. The molecule has 2 aromatic rings. The van der Waals surface area contributed by atoms with E-state index in [1.165, 1.54) is 28.7 Å². The summed E-state index contributed by atoms with van der Waals surface area (Å²) < 4.78 is 0. The van der Waals surface area contributed by atoms with E-state index in [1.807, 2.05) is 12.1 Å². The Balaban J connectivity index is 1.58. The maximum Gasteiger partial charge on any atom is 0.335 e. The van der Waals surface area contributed by atoms with Gasteiger partial charge in [0.2, 0.25) is 0 Å². The minimum absolute atomic E-state index is 0.287. The summed E-state index contributed by atoms with van der Waals surface area (Å²) in [5.41, 5.74) is 5.80. The standard InChI is InChI=1S/C24H29ClO2/c1-16-4-3-5-19(17(16)2)12-14-22-20(13-15-23(22)25)9-6-18-7-10-21(11-8-18)24(26)27/h3-5,7-8,10-11,20,22-23H,6,9,12-15H2,1-2H3,(H,26,27)/t20-,22+,23?/m0/s1. The number of rotatable bonds is 7. The SMILES string of the molecule is Cc1cccc(CC[C@H]2C(Cl)CC[C@@H]2CCc2ccc(C(=O)O)cc2)c1C. The van der Waals surface area contributed by atoms with Crippen molar-refractivity contribution >= 4 is 17.6 Å². The Hall–Kier alpha value is -1.80. The van der Waals surface area contributed by atoms with E-state index >= 15 is 0 Å². The first-order chi connectivity index (χ1) is 13.0. The normalized spacial score (nSPS) is 22.1. The third kappa shape index (κ3) is 4.93. The van der Waals surface area contributed by atoms with E-state index in [1.54, 1.807) is 12.1 Å². The first-order valence-electron chi connectivity index (χ1n) is 9.97. The van der Waals surface area contributed by atoms with Crippen LogP contribution in [0.1, 0.15) is 58.3 Å². The maximum atomic E-state index is 11.0. The van der Waals surface area contributed by atoms with Crippen molar-refractivity contribution in [1.29, 1.82) is 0 Å². The lowest BCUT2D eigenvalue weighted by Gasteiger charge is -2.22. The molecule has 0 radical (unpaired) electrons. The fourth-order valence-electron chi connectivity index (χ4n) is 4.44. The molecule has 0 aromatic heterocycles. The molecule has 144 valence electrons. The van der Waals surface area contributed by atoms with E-state index in [0.29, 0.717) is 17.4 Å². The van der Waals surface area contributed by atoms with E-state index in [4.69, 9.17) is 16.7 Å². The van der Waals surface area contributed by atoms with Gasteiger partial charge in [0.15, 0.2) is 0 Å². The van der Waals surface area contributed by atoms with Gasteiger partial charge < -0.3 is 5.11 Å². The number of carboxylic acid groups (broad SMARTS) is 1. The highest BCUT2D eigenvalue weighted by atomic mass is 35.5. The fourth-order valence-corrected chi connectivity index (χ4v) is 4.90. The van der Waals surface area contributed by atoms with Crippen molar-refractivity contribution in [3.8, 4) is 0 Å². The topological polar surface area (TPSA) is 37.3 Å². The Morgan fingerprint density at radius 3 is 2.48 bits per heavy atom. The van der Waals surface area contributed by atoms with Crippen LogP contribution in [0.4, 0.5) is 0 Å². The molecule has 0 amide bonds. The summed E-state index contributed by atoms with van der Waals surface area (Å²) in [6.07, 6.45) is 6.70. The van der Waals surface area contributed by atoms with Gasteiger partial charge in [0.25, 0.3) is 0 Å². The molecule has 0 aliphatic heterocycles. The number of benzene rings is 2. The molecule has 0 spiro atoms. The van der Waals surface area contributed by atoms with Gasteiger partial charge in [-0.3, -0.25) is 0 Å². The van der Waals surface area contributed by atoms with Crippen molar-refractivity contribution in [3.05, 3.63) is 70.3 Å². The van der Waals surface area contributed by atoms with E-state index in [-0.39, 0.29) is 5.38 Å². The predicted octanol–water partition coefficient (Wildman–Crippen LogP) is 6.20. The van der Waals surface area contributed by atoms with E-state index in [2.05, 4.69) is 32.0 Å². The van der Waals surface area contributed by atoms with Gasteiger partial charge in [0, 0.05) is 5.38 Å². The number of carboxylic acids is 1. The lowest BCUT2D eigenvalue weighted by Crippen LogP contribution is -2.17. The second kappa shape index (κ2) is 8.93. The number of halogens is 1. The molecule has 2 aromatic carbocycles. The highest BCUT2D eigenvalue weighted by molar-refractivity contribution is 6.21. The molecular weight excluding hydrogens is 356 g/mol. The maximum absolute atomic E-state index is 11.0. The molecule has 1 fully saturated rings. The zero-order chi connectivity index (χ0) is 19.4. The van der Waals surface area contributed by atoms with Crippen LogP contribution in [0.5, 0.6) is 0 Å². The molecule has 0 bridgehead atoms. The molecule has 1 unspecified atom stereocenters. The number of aryl methyl sites for hydroxylation is 3. The molecule has 2 nitrogen and oxygen atoms in total. The molecular formula is C24H29ClO2. The second-order valence-corrected chi connectivity index (χ2v) is 8.52.